The van der Waals surface area contributed by atoms with Crippen LogP contribution in [-0.2, 0) is 11.3 Å². The smallest absolute Gasteiger partial charge is 0.247 e. The van der Waals surface area contributed by atoms with Crippen molar-refractivity contribution in [2.75, 3.05) is 60.7 Å². The zero-order valence-corrected chi connectivity index (χ0v) is 21.8. The fourth-order valence-corrected chi connectivity index (χ4v) is 4.29. The molecule has 3 N–H and O–H groups in total. The van der Waals surface area contributed by atoms with Crippen LogP contribution in [0.1, 0.15) is 18.1 Å². The van der Waals surface area contributed by atoms with E-state index < -0.39 is 0 Å². The molecule has 0 aliphatic carbocycles. The Morgan fingerprint density at radius 3 is 2.53 bits per heavy atom. The summed E-state index contributed by atoms with van der Waals surface area (Å²) < 4.78 is 5.22. The van der Waals surface area contributed by atoms with Crippen molar-refractivity contribution in [3.8, 4) is 11.8 Å². The summed E-state index contributed by atoms with van der Waals surface area (Å²) in [5.74, 6) is 1.03. The zero-order valence-electron chi connectivity index (χ0n) is 21.8. The molecule has 0 bridgehead atoms. The first kappa shape index (κ1) is 26.5. The molecule has 1 aliphatic heterocycles. The van der Waals surface area contributed by atoms with Gasteiger partial charge in [-0.05, 0) is 48.5 Å². The number of hydrogen-bond acceptors (Lipinski definition) is 8. The minimum atomic E-state index is -0.296. The molecule has 9 nitrogen and oxygen atoms in total. The molecule has 3 aromatic rings. The summed E-state index contributed by atoms with van der Waals surface area (Å²) in [6.07, 6.45) is 2.78. The highest BCUT2D eigenvalue weighted by Crippen LogP contribution is 2.31. The average molecular weight is 512 g/mol. The summed E-state index contributed by atoms with van der Waals surface area (Å²) in [4.78, 5) is 21.4. The van der Waals surface area contributed by atoms with E-state index in [1.165, 1.54) is 12.3 Å². The van der Waals surface area contributed by atoms with Gasteiger partial charge in [-0.25, -0.2) is 4.98 Å². The standard InChI is InChI=1S/C29H33N7O2/c1-4-29(37)34-27-16-23(36-14-12-35(5-2)13-15-36)8-11-25(27)33-28-17-26(22(18-30)20-32-28)31-19-21-6-9-24(38-3)10-7-21/h4,6-11,16-17,20H,1,5,12-15,19H2,2-3H3,(H,34,37)(H2,31,32,33). The van der Waals surface area contributed by atoms with E-state index in [1.54, 1.807) is 13.2 Å². The maximum absolute atomic E-state index is 12.2. The Bertz CT molecular complexity index is 1310. The Balaban J connectivity index is 1.54. The van der Waals surface area contributed by atoms with Crippen LogP contribution < -0.4 is 25.6 Å². The molecular weight excluding hydrogens is 478 g/mol. The lowest BCUT2D eigenvalue weighted by molar-refractivity contribution is -0.111. The number of anilines is 5. The van der Waals surface area contributed by atoms with Crippen molar-refractivity contribution >= 4 is 34.5 Å². The highest BCUT2D eigenvalue weighted by Gasteiger charge is 2.18. The lowest BCUT2D eigenvalue weighted by Gasteiger charge is -2.35. The van der Waals surface area contributed by atoms with Crippen LogP contribution in [-0.4, -0.2) is 55.6 Å². The third-order valence-corrected chi connectivity index (χ3v) is 6.56. The molecular formula is C29H33N7O2. The van der Waals surface area contributed by atoms with Gasteiger partial charge in [-0.2, -0.15) is 5.26 Å². The third-order valence-electron chi connectivity index (χ3n) is 6.56. The number of methoxy groups -OCH3 is 1. The second-order valence-electron chi connectivity index (χ2n) is 8.90. The number of nitrogens with one attached hydrogen (secondary N) is 3. The number of carbonyl (C=O) groups is 1. The van der Waals surface area contributed by atoms with Crippen molar-refractivity contribution in [3.05, 3.63) is 78.5 Å². The van der Waals surface area contributed by atoms with Crippen LogP contribution in [0.25, 0.3) is 0 Å². The van der Waals surface area contributed by atoms with E-state index in [9.17, 15) is 10.1 Å². The van der Waals surface area contributed by atoms with Crippen molar-refractivity contribution in [2.45, 2.75) is 13.5 Å². The summed E-state index contributed by atoms with van der Waals surface area (Å²) >= 11 is 0. The first-order chi connectivity index (χ1) is 18.5. The van der Waals surface area contributed by atoms with Crippen molar-refractivity contribution in [2.24, 2.45) is 0 Å². The maximum atomic E-state index is 12.2. The maximum Gasteiger partial charge on any atom is 0.247 e. The third kappa shape index (κ3) is 6.60. The molecule has 2 aromatic carbocycles. The normalized spacial score (nSPS) is 13.3. The Morgan fingerprint density at radius 1 is 1.11 bits per heavy atom. The Labute approximate surface area is 223 Å². The number of benzene rings is 2. The predicted molar refractivity (Wildman–Crippen MR) is 152 cm³/mol. The quantitative estimate of drug-likeness (QED) is 0.340. The van der Waals surface area contributed by atoms with Crippen LogP contribution in [0.15, 0.2) is 67.4 Å². The molecule has 1 saturated heterocycles. The number of rotatable bonds is 10. The van der Waals surface area contributed by atoms with Gasteiger partial charge in [0, 0.05) is 50.7 Å². The van der Waals surface area contributed by atoms with Crippen LogP contribution in [0.4, 0.5) is 28.6 Å². The van der Waals surface area contributed by atoms with E-state index in [-0.39, 0.29) is 5.91 Å². The molecule has 0 atom stereocenters. The number of aromatic nitrogens is 1. The first-order valence-electron chi connectivity index (χ1n) is 12.6. The minimum absolute atomic E-state index is 0.296. The number of piperazine rings is 1. The Kier molecular flexibility index (Phi) is 8.80. The van der Waals surface area contributed by atoms with Gasteiger partial charge < -0.3 is 30.5 Å². The monoisotopic (exact) mass is 511 g/mol. The number of carbonyl (C=O) groups excluding carboxylic acids is 1. The van der Waals surface area contributed by atoms with Crippen LogP contribution in [0.3, 0.4) is 0 Å². The largest absolute Gasteiger partial charge is 0.497 e. The molecule has 196 valence electrons. The van der Waals surface area contributed by atoms with Gasteiger partial charge in [-0.3, -0.25) is 4.79 Å². The molecule has 0 unspecified atom stereocenters. The van der Waals surface area contributed by atoms with Crippen LogP contribution >= 0.6 is 0 Å². The summed E-state index contributed by atoms with van der Waals surface area (Å²) in [7, 11) is 1.63. The molecule has 1 aliphatic rings. The van der Waals surface area contributed by atoms with E-state index >= 15 is 0 Å². The first-order valence-corrected chi connectivity index (χ1v) is 12.6. The lowest BCUT2D eigenvalue weighted by atomic mass is 10.1. The van der Waals surface area contributed by atoms with Gasteiger partial charge in [0.25, 0.3) is 0 Å². The van der Waals surface area contributed by atoms with E-state index in [4.69, 9.17) is 4.74 Å². The number of nitrogens with zero attached hydrogens (tertiary/aromatic N) is 4. The highest BCUT2D eigenvalue weighted by atomic mass is 16.5. The van der Waals surface area contributed by atoms with E-state index in [2.05, 4.69) is 50.3 Å². The summed E-state index contributed by atoms with van der Waals surface area (Å²) in [5.41, 5.74) is 4.50. The molecule has 1 amide bonds. The number of ether oxygens (including phenoxy) is 1. The molecule has 4 rings (SSSR count). The van der Waals surface area contributed by atoms with Crippen molar-refractivity contribution in [3.63, 3.8) is 0 Å². The lowest BCUT2D eigenvalue weighted by Crippen LogP contribution is -2.46. The number of amides is 1. The topological polar surface area (TPSA) is 106 Å². The molecule has 1 aromatic heterocycles. The summed E-state index contributed by atoms with van der Waals surface area (Å²) in [6.45, 7) is 11.2. The fraction of sp³-hybridized carbons (Fsp3) is 0.276. The molecule has 0 saturated carbocycles. The van der Waals surface area contributed by atoms with Gasteiger partial charge in [0.1, 0.15) is 17.6 Å². The number of likely N-dealkylation sites (N-methyl/N-ethyl adjacent to an activating group) is 1. The number of nitriles is 1. The van der Waals surface area contributed by atoms with Gasteiger partial charge in [-0.1, -0.05) is 25.6 Å². The van der Waals surface area contributed by atoms with Gasteiger partial charge in [0.05, 0.1) is 29.7 Å². The highest BCUT2D eigenvalue weighted by molar-refractivity contribution is 6.02. The van der Waals surface area contributed by atoms with E-state index in [1.807, 2.05) is 42.5 Å². The van der Waals surface area contributed by atoms with Crippen molar-refractivity contribution < 1.29 is 9.53 Å². The van der Waals surface area contributed by atoms with Crippen molar-refractivity contribution in [1.82, 2.24) is 9.88 Å². The fourth-order valence-electron chi connectivity index (χ4n) is 4.29. The second kappa shape index (κ2) is 12.6. The van der Waals surface area contributed by atoms with Gasteiger partial charge >= 0.3 is 0 Å². The number of hydrogen-bond donors (Lipinski definition) is 3. The Hall–Kier alpha value is -4.55. The second-order valence-corrected chi connectivity index (χ2v) is 8.90. The summed E-state index contributed by atoms with van der Waals surface area (Å²) in [6, 6.07) is 17.7. The van der Waals surface area contributed by atoms with E-state index in [0.717, 1.165) is 49.7 Å². The molecule has 2 heterocycles. The van der Waals surface area contributed by atoms with Crippen LogP contribution in [0.5, 0.6) is 5.75 Å². The van der Waals surface area contributed by atoms with Gasteiger partial charge in [0.15, 0.2) is 0 Å². The number of pyridine rings is 1. The summed E-state index contributed by atoms with van der Waals surface area (Å²) in [5, 5.41) is 19.1. The molecule has 0 spiro atoms. The molecule has 38 heavy (non-hydrogen) atoms. The zero-order chi connectivity index (χ0) is 26.9. The molecule has 0 radical (unpaired) electrons. The SMILES string of the molecule is C=CC(=O)Nc1cc(N2CCN(CC)CC2)ccc1Nc1cc(NCc2ccc(OC)cc2)c(C#N)cn1. The molecule has 9 heteroatoms. The van der Waals surface area contributed by atoms with Crippen LogP contribution in [0, 0.1) is 11.3 Å². The van der Waals surface area contributed by atoms with Gasteiger partial charge in [-0.15, -0.1) is 0 Å². The van der Waals surface area contributed by atoms with E-state index in [0.29, 0.717) is 35.0 Å². The predicted octanol–water partition coefficient (Wildman–Crippen LogP) is 4.58. The average Bonchev–Trinajstić information content (AvgIpc) is 2.97. The minimum Gasteiger partial charge on any atom is -0.497 e. The van der Waals surface area contributed by atoms with Crippen LogP contribution in [0.2, 0.25) is 0 Å². The molecule has 1 fully saturated rings. The Morgan fingerprint density at radius 2 is 1.87 bits per heavy atom. The van der Waals surface area contributed by atoms with Gasteiger partial charge in [0.2, 0.25) is 5.91 Å². The van der Waals surface area contributed by atoms with Crippen molar-refractivity contribution in [1.29, 1.82) is 5.26 Å².